The van der Waals surface area contributed by atoms with Crippen LogP contribution in [-0.2, 0) is 16.1 Å². The van der Waals surface area contributed by atoms with Gasteiger partial charge < -0.3 is 20.3 Å². The van der Waals surface area contributed by atoms with E-state index >= 15 is 0 Å². The number of hydrogen-bond acceptors (Lipinski definition) is 3. The Kier molecular flexibility index (Phi) is 12.1. The van der Waals surface area contributed by atoms with Crippen molar-refractivity contribution >= 4 is 51.8 Å². The predicted octanol–water partition coefficient (Wildman–Crippen LogP) is 1.84. The van der Waals surface area contributed by atoms with Gasteiger partial charge in [0.05, 0.1) is 19.7 Å². The number of aliphatic imine (C=N–C) groups is 1. The zero-order chi connectivity index (χ0) is 16.4. The molecule has 2 N–H and O–H groups in total. The second-order valence-electron chi connectivity index (χ2n) is 4.85. The van der Waals surface area contributed by atoms with Gasteiger partial charge in [0.15, 0.2) is 5.96 Å². The summed E-state index contributed by atoms with van der Waals surface area (Å²) in [6.45, 7) is 1.93. The predicted molar refractivity (Wildman–Crippen MR) is 107 cm³/mol. The molecule has 8 heteroatoms. The van der Waals surface area contributed by atoms with Gasteiger partial charge in [-0.3, -0.25) is 4.79 Å². The lowest BCUT2D eigenvalue weighted by atomic mass is 10.2. The first kappa shape index (κ1) is 22.1. The highest BCUT2D eigenvalue weighted by Crippen LogP contribution is 2.10. The molecule has 1 amide bonds. The normalized spacial score (nSPS) is 10.7. The highest BCUT2D eigenvalue weighted by Gasteiger charge is 2.05. The van der Waals surface area contributed by atoms with Gasteiger partial charge in [0.1, 0.15) is 0 Å². The first-order valence-electron chi connectivity index (χ1n) is 6.98. The molecule has 0 aromatic heterocycles. The Labute approximate surface area is 163 Å². The Morgan fingerprint density at radius 1 is 1.26 bits per heavy atom. The Morgan fingerprint density at radius 3 is 2.48 bits per heavy atom. The van der Waals surface area contributed by atoms with E-state index in [1.54, 1.807) is 21.2 Å². The lowest BCUT2D eigenvalue weighted by Crippen LogP contribution is -2.43. The van der Waals surface area contributed by atoms with Crippen LogP contribution in [0.3, 0.4) is 0 Å². The number of ether oxygens (including phenoxy) is 1. The quantitative estimate of drug-likeness (QED) is 0.260. The second-order valence-corrected chi connectivity index (χ2v) is 5.77. The molecule has 0 unspecified atom stereocenters. The van der Waals surface area contributed by atoms with Crippen molar-refractivity contribution in [1.29, 1.82) is 0 Å². The van der Waals surface area contributed by atoms with Crippen LogP contribution >= 0.6 is 39.9 Å². The molecule has 23 heavy (non-hydrogen) atoms. The van der Waals surface area contributed by atoms with Crippen molar-refractivity contribution in [2.75, 3.05) is 40.9 Å². The Morgan fingerprint density at radius 2 is 1.91 bits per heavy atom. The lowest BCUT2D eigenvalue weighted by Gasteiger charge is -2.14. The molecule has 0 aliphatic rings. The van der Waals surface area contributed by atoms with Crippen molar-refractivity contribution in [3.63, 3.8) is 0 Å². The van der Waals surface area contributed by atoms with E-state index in [1.165, 1.54) is 4.90 Å². The van der Waals surface area contributed by atoms with Crippen LogP contribution in [0.5, 0.6) is 0 Å². The van der Waals surface area contributed by atoms with E-state index in [1.807, 2.05) is 24.3 Å². The van der Waals surface area contributed by atoms with Crippen LogP contribution < -0.4 is 10.6 Å². The first-order valence-corrected chi connectivity index (χ1v) is 7.78. The minimum Gasteiger partial charge on any atom is -0.383 e. The van der Waals surface area contributed by atoms with Crippen molar-refractivity contribution < 1.29 is 9.53 Å². The van der Waals surface area contributed by atoms with Gasteiger partial charge in [0.25, 0.3) is 0 Å². The lowest BCUT2D eigenvalue weighted by molar-refractivity contribution is -0.127. The molecule has 0 spiro atoms. The zero-order valence-corrected chi connectivity index (χ0v) is 17.6. The molecule has 6 nitrogen and oxygen atoms in total. The van der Waals surface area contributed by atoms with Crippen LogP contribution in [0.2, 0.25) is 0 Å². The number of rotatable bonds is 7. The number of nitrogens with one attached hydrogen (secondary N) is 2. The number of hydrogen-bond donors (Lipinski definition) is 2. The van der Waals surface area contributed by atoms with E-state index < -0.39 is 0 Å². The summed E-state index contributed by atoms with van der Waals surface area (Å²) in [4.78, 5) is 17.7. The molecule has 0 atom stereocenters. The molecule has 1 rings (SSSR count). The van der Waals surface area contributed by atoms with E-state index in [2.05, 4.69) is 31.6 Å². The summed E-state index contributed by atoms with van der Waals surface area (Å²) in [5, 5.41) is 6.15. The summed E-state index contributed by atoms with van der Waals surface area (Å²) in [5.74, 6) is 0.583. The van der Waals surface area contributed by atoms with Crippen LogP contribution in [-0.4, -0.2) is 57.7 Å². The molecule has 0 saturated heterocycles. The molecular weight excluding hydrogens is 475 g/mol. The highest BCUT2D eigenvalue weighted by molar-refractivity contribution is 14.0. The van der Waals surface area contributed by atoms with Crippen LogP contribution in [0.15, 0.2) is 33.7 Å². The third-order valence-electron chi connectivity index (χ3n) is 2.84. The fraction of sp³-hybridized carbons (Fsp3) is 0.467. The Balaban J connectivity index is 0.00000484. The van der Waals surface area contributed by atoms with E-state index in [4.69, 9.17) is 4.74 Å². The molecule has 1 aromatic rings. The van der Waals surface area contributed by atoms with Crippen molar-refractivity contribution in [2.45, 2.75) is 6.54 Å². The molecule has 0 fully saturated rings. The molecule has 0 saturated carbocycles. The Bertz CT molecular complexity index is 495. The molecule has 0 aliphatic carbocycles. The molecule has 130 valence electrons. The molecule has 0 bridgehead atoms. The van der Waals surface area contributed by atoms with Crippen molar-refractivity contribution in [2.24, 2.45) is 4.99 Å². The minimum absolute atomic E-state index is 0. The topological polar surface area (TPSA) is 66.0 Å². The number of guanidine groups is 1. The summed E-state index contributed by atoms with van der Waals surface area (Å²) in [5.41, 5.74) is 1.09. The van der Waals surface area contributed by atoms with Gasteiger partial charge in [0, 0.05) is 32.2 Å². The highest BCUT2D eigenvalue weighted by atomic mass is 127. The van der Waals surface area contributed by atoms with Gasteiger partial charge in [-0.25, -0.2) is 4.99 Å². The standard InChI is InChI=1S/C15H23BrN4O2.HI/c1-20(2)14(21)11-19-15(17-8-9-22-3)18-10-12-4-6-13(16)7-5-12;/h4-7H,8-11H2,1-3H3,(H2,17,18,19);1H. The third-order valence-corrected chi connectivity index (χ3v) is 3.37. The van der Waals surface area contributed by atoms with Gasteiger partial charge in [-0.05, 0) is 17.7 Å². The van der Waals surface area contributed by atoms with Crippen molar-refractivity contribution in [3.05, 3.63) is 34.3 Å². The SMILES string of the molecule is COCCNC(=NCc1ccc(Br)cc1)NCC(=O)N(C)C.I. The summed E-state index contributed by atoms with van der Waals surface area (Å²) in [6.07, 6.45) is 0. The van der Waals surface area contributed by atoms with Crippen LogP contribution in [0.25, 0.3) is 0 Å². The first-order chi connectivity index (χ1) is 10.5. The number of methoxy groups -OCH3 is 1. The van der Waals surface area contributed by atoms with Gasteiger partial charge in [-0.2, -0.15) is 0 Å². The van der Waals surface area contributed by atoms with E-state index in [0.29, 0.717) is 25.7 Å². The fourth-order valence-corrected chi connectivity index (χ4v) is 1.79. The monoisotopic (exact) mass is 498 g/mol. The van der Waals surface area contributed by atoms with E-state index in [9.17, 15) is 4.79 Å². The summed E-state index contributed by atoms with van der Waals surface area (Å²) < 4.78 is 6.04. The van der Waals surface area contributed by atoms with Gasteiger partial charge >= 0.3 is 0 Å². The maximum atomic E-state index is 11.6. The maximum Gasteiger partial charge on any atom is 0.241 e. The van der Waals surface area contributed by atoms with Crippen molar-refractivity contribution in [1.82, 2.24) is 15.5 Å². The Hall–Kier alpha value is -0.870. The number of amides is 1. The molecule has 0 radical (unpaired) electrons. The average molecular weight is 499 g/mol. The van der Waals surface area contributed by atoms with Gasteiger partial charge in [-0.15, -0.1) is 24.0 Å². The van der Waals surface area contributed by atoms with Crippen LogP contribution in [0.4, 0.5) is 0 Å². The zero-order valence-electron chi connectivity index (χ0n) is 13.6. The minimum atomic E-state index is -0.00937. The van der Waals surface area contributed by atoms with E-state index in [-0.39, 0.29) is 36.4 Å². The van der Waals surface area contributed by atoms with Crippen molar-refractivity contribution in [3.8, 4) is 0 Å². The molecule has 0 heterocycles. The van der Waals surface area contributed by atoms with Gasteiger partial charge in [-0.1, -0.05) is 28.1 Å². The van der Waals surface area contributed by atoms with Crippen LogP contribution in [0, 0.1) is 0 Å². The number of carbonyl (C=O) groups is 1. The van der Waals surface area contributed by atoms with Crippen LogP contribution in [0.1, 0.15) is 5.56 Å². The third kappa shape index (κ3) is 9.77. The summed E-state index contributed by atoms with van der Waals surface area (Å²) in [7, 11) is 5.09. The molecule has 1 aromatic carbocycles. The maximum absolute atomic E-state index is 11.6. The smallest absolute Gasteiger partial charge is 0.241 e. The average Bonchev–Trinajstić information content (AvgIpc) is 2.50. The largest absolute Gasteiger partial charge is 0.383 e. The molecular formula is C15H24BrIN4O2. The number of likely N-dealkylation sites (N-methyl/N-ethyl adjacent to an activating group) is 1. The summed E-state index contributed by atoms with van der Waals surface area (Å²) in [6, 6.07) is 7.97. The molecule has 0 aliphatic heterocycles. The summed E-state index contributed by atoms with van der Waals surface area (Å²) >= 11 is 3.41. The number of nitrogens with zero attached hydrogens (tertiary/aromatic N) is 2. The number of benzene rings is 1. The van der Waals surface area contributed by atoms with Gasteiger partial charge in [0.2, 0.25) is 5.91 Å². The second kappa shape index (κ2) is 12.5. The number of carbonyl (C=O) groups excluding carboxylic acids is 1. The fourth-order valence-electron chi connectivity index (χ4n) is 1.52. The van der Waals surface area contributed by atoms with E-state index in [0.717, 1.165) is 10.0 Å². The number of halogens is 2.